The van der Waals surface area contributed by atoms with E-state index in [0.717, 1.165) is 12.8 Å². The number of amides is 1. The standard InChI is InChI=1S/C22H19ClF2N2O3S/c23-17-4-1-5-18(24)16(17)11-30-13-6-7-15(19(25)9-13)22-27-20(12-31-22)21(28)26-10-14-3-2-8-29-14/h1,4-7,9,12,14H,2-3,8,10-11H2,(H,26,28)/t14-/m0/s1. The van der Waals surface area contributed by atoms with Gasteiger partial charge in [-0.3, -0.25) is 4.79 Å². The highest BCUT2D eigenvalue weighted by atomic mass is 35.5. The Labute approximate surface area is 187 Å². The normalized spacial score (nSPS) is 15.8. The van der Waals surface area contributed by atoms with Gasteiger partial charge in [-0.15, -0.1) is 11.3 Å². The Balaban J connectivity index is 1.40. The van der Waals surface area contributed by atoms with Gasteiger partial charge < -0.3 is 14.8 Å². The fourth-order valence-corrected chi connectivity index (χ4v) is 4.23. The molecule has 3 aromatic rings. The van der Waals surface area contributed by atoms with Crippen LogP contribution >= 0.6 is 22.9 Å². The van der Waals surface area contributed by atoms with E-state index in [2.05, 4.69) is 10.3 Å². The maximum atomic E-state index is 14.7. The van der Waals surface area contributed by atoms with Crippen LogP contribution in [0.3, 0.4) is 0 Å². The van der Waals surface area contributed by atoms with Crippen molar-refractivity contribution in [1.82, 2.24) is 10.3 Å². The number of ether oxygens (including phenoxy) is 2. The van der Waals surface area contributed by atoms with Crippen LogP contribution in [0.15, 0.2) is 41.8 Å². The molecular formula is C22H19ClF2N2O3S. The number of carbonyl (C=O) groups excluding carboxylic acids is 1. The minimum atomic E-state index is -0.558. The van der Waals surface area contributed by atoms with E-state index in [0.29, 0.717) is 18.2 Å². The molecule has 0 unspecified atom stereocenters. The van der Waals surface area contributed by atoms with E-state index >= 15 is 0 Å². The topological polar surface area (TPSA) is 60.5 Å². The van der Waals surface area contributed by atoms with Gasteiger partial charge in [0.1, 0.15) is 34.7 Å². The van der Waals surface area contributed by atoms with Gasteiger partial charge in [0.2, 0.25) is 0 Å². The highest BCUT2D eigenvalue weighted by Crippen LogP contribution is 2.30. The molecule has 0 aliphatic carbocycles. The summed E-state index contributed by atoms with van der Waals surface area (Å²) in [6.45, 7) is 1.02. The maximum absolute atomic E-state index is 14.7. The molecule has 5 nitrogen and oxygen atoms in total. The van der Waals surface area contributed by atoms with Crippen molar-refractivity contribution in [3.63, 3.8) is 0 Å². The number of benzene rings is 2. The number of carbonyl (C=O) groups is 1. The van der Waals surface area contributed by atoms with Gasteiger partial charge in [-0.05, 0) is 37.1 Å². The van der Waals surface area contributed by atoms with Gasteiger partial charge in [0.05, 0.1) is 11.1 Å². The molecule has 0 bridgehead atoms. The molecule has 31 heavy (non-hydrogen) atoms. The lowest BCUT2D eigenvalue weighted by atomic mass is 10.2. The molecule has 1 atom stereocenters. The molecule has 1 aromatic heterocycles. The first-order chi connectivity index (χ1) is 15.0. The zero-order chi connectivity index (χ0) is 21.8. The third-order valence-electron chi connectivity index (χ3n) is 4.87. The Morgan fingerprint density at radius 2 is 2.16 bits per heavy atom. The van der Waals surface area contributed by atoms with Crippen molar-refractivity contribution in [2.24, 2.45) is 0 Å². The number of nitrogens with one attached hydrogen (secondary N) is 1. The molecule has 162 valence electrons. The van der Waals surface area contributed by atoms with E-state index in [4.69, 9.17) is 21.1 Å². The molecular weight excluding hydrogens is 446 g/mol. The van der Waals surface area contributed by atoms with Gasteiger partial charge in [0.15, 0.2) is 0 Å². The average molecular weight is 465 g/mol. The molecule has 1 fully saturated rings. The summed E-state index contributed by atoms with van der Waals surface area (Å²) in [5, 5.41) is 5.00. The smallest absolute Gasteiger partial charge is 0.270 e. The van der Waals surface area contributed by atoms with Crippen LogP contribution in [-0.4, -0.2) is 30.1 Å². The predicted octanol–water partition coefficient (Wildman–Crippen LogP) is 5.23. The summed E-state index contributed by atoms with van der Waals surface area (Å²) in [5.41, 5.74) is 0.679. The summed E-state index contributed by atoms with van der Waals surface area (Å²) in [5.74, 6) is -1.14. The quantitative estimate of drug-likeness (QED) is 0.520. The Bertz CT molecular complexity index is 1070. The number of nitrogens with zero attached hydrogens (tertiary/aromatic N) is 1. The van der Waals surface area contributed by atoms with E-state index in [9.17, 15) is 13.6 Å². The van der Waals surface area contributed by atoms with E-state index in [1.807, 2.05) is 0 Å². The molecule has 0 saturated carbocycles. The van der Waals surface area contributed by atoms with Crippen LogP contribution in [0.5, 0.6) is 5.75 Å². The monoisotopic (exact) mass is 464 g/mol. The van der Waals surface area contributed by atoms with Crippen molar-refractivity contribution in [3.05, 3.63) is 69.7 Å². The molecule has 0 spiro atoms. The van der Waals surface area contributed by atoms with Gasteiger partial charge >= 0.3 is 0 Å². The van der Waals surface area contributed by atoms with Crippen molar-refractivity contribution >= 4 is 28.8 Å². The SMILES string of the molecule is O=C(NC[C@@H]1CCCO1)c1csc(-c2ccc(OCc3c(F)cccc3Cl)cc2F)n1. The number of thiazole rings is 1. The highest BCUT2D eigenvalue weighted by Gasteiger charge is 2.19. The third kappa shape index (κ3) is 5.20. The fraction of sp³-hybridized carbons (Fsp3) is 0.273. The second kappa shape index (κ2) is 9.72. The highest BCUT2D eigenvalue weighted by molar-refractivity contribution is 7.13. The molecule has 9 heteroatoms. The van der Waals surface area contributed by atoms with Gasteiger partial charge in [0.25, 0.3) is 5.91 Å². The number of hydrogen-bond acceptors (Lipinski definition) is 5. The van der Waals surface area contributed by atoms with Crippen molar-refractivity contribution in [1.29, 1.82) is 0 Å². The lowest BCUT2D eigenvalue weighted by Gasteiger charge is -2.10. The van der Waals surface area contributed by atoms with Crippen molar-refractivity contribution in [3.8, 4) is 16.3 Å². The number of halogens is 3. The zero-order valence-corrected chi connectivity index (χ0v) is 17.9. The lowest BCUT2D eigenvalue weighted by molar-refractivity contribution is 0.0854. The van der Waals surface area contributed by atoms with Crippen LogP contribution in [0.4, 0.5) is 8.78 Å². The molecule has 1 aliphatic heterocycles. The summed E-state index contributed by atoms with van der Waals surface area (Å²) in [4.78, 5) is 16.5. The van der Waals surface area contributed by atoms with E-state index in [-0.39, 0.29) is 46.2 Å². The first-order valence-electron chi connectivity index (χ1n) is 9.72. The largest absolute Gasteiger partial charge is 0.489 e. The minimum Gasteiger partial charge on any atom is -0.489 e. The van der Waals surface area contributed by atoms with Gasteiger partial charge in [-0.1, -0.05) is 17.7 Å². The van der Waals surface area contributed by atoms with Gasteiger partial charge in [-0.25, -0.2) is 13.8 Å². The molecule has 1 amide bonds. The Morgan fingerprint density at radius 1 is 1.29 bits per heavy atom. The summed E-state index contributed by atoms with van der Waals surface area (Å²) in [6, 6.07) is 8.62. The molecule has 1 N–H and O–H groups in total. The molecule has 0 radical (unpaired) electrons. The van der Waals surface area contributed by atoms with Crippen molar-refractivity contribution in [2.45, 2.75) is 25.6 Å². The van der Waals surface area contributed by atoms with Gasteiger partial charge in [0, 0.05) is 35.7 Å². The Morgan fingerprint density at radius 3 is 2.90 bits per heavy atom. The summed E-state index contributed by atoms with van der Waals surface area (Å²) >= 11 is 7.15. The second-order valence-corrected chi connectivity index (χ2v) is 8.28. The first kappa shape index (κ1) is 21.7. The van der Waals surface area contributed by atoms with E-state index < -0.39 is 11.6 Å². The summed E-state index contributed by atoms with van der Waals surface area (Å²) in [7, 11) is 0. The molecule has 1 aliphatic rings. The van der Waals surface area contributed by atoms with Crippen LogP contribution in [0.1, 0.15) is 28.9 Å². The van der Waals surface area contributed by atoms with Crippen LogP contribution in [0, 0.1) is 11.6 Å². The first-order valence-corrected chi connectivity index (χ1v) is 11.0. The Hall–Kier alpha value is -2.55. The second-order valence-electron chi connectivity index (χ2n) is 7.01. The molecule has 2 aromatic carbocycles. The number of rotatable bonds is 7. The van der Waals surface area contributed by atoms with Crippen molar-refractivity contribution in [2.75, 3.05) is 13.2 Å². The average Bonchev–Trinajstić information content (AvgIpc) is 3.44. The van der Waals surface area contributed by atoms with Crippen LogP contribution in [0.2, 0.25) is 5.02 Å². The number of aromatic nitrogens is 1. The summed E-state index contributed by atoms with van der Waals surface area (Å²) < 4.78 is 39.5. The minimum absolute atomic E-state index is 0.0336. The summed E-state index contributed by atoms with van der Waals surface area (Å²) in [6.07, 6.45) is 1.95. The van der Waals surface area contributed by atoms with E-state index in [1.165, 1.54) is 35.6 Å². The zero-order valence-electron chi connectivity index (χ0n) is 16.4. The third-order valence-corrected chi connectivity index (χ3v) is 6.10. The van der Waals surface area contributed by atoms with Crippen LogP contribution in [0.25, 0.3) is 10.6 Å². The molecule has 2 heterocycles. The van der Waals surface area contributed by atoms with Crippen molar-refractivity contribution < 1.29 is 23.0 Å². The fourth-order valence-electron chi connectivity index (χ4n) is 3.19. The van der Waals surface area contributed by atoms with Crippen LogP contribution < -0.4 is 10.1 Å². The van der Waals surface area contributed by atoms with E-state index in [1.54, 1.807) is 17.5 Å². The lowest BCUT2D eigenvalue weighted by Crippen LogP contribution is -2.31. The van der Waals surface area contributed by atoms with Gasteiger partial charge in [-0.2, -0.15) is 0 Å². The van der Waals surface area contributed by atoms with Crippen LogP contribution in [-0.2, 0) is 11.3 Å². The predicted molar refractivity (Wildman–Crippen MR) is 115 cm³/mol. The molecule has 1 saturated heterocycles. The molecule has 4 rings (SSSR count). The number of hydrogen-bond donors (Lipinski definition) is 1. The maximum Gasteiger partial charge on any atom is 0.270 e. The Kier molecular flexibility index (Phi) is 6.80.